The fourth-order valence-corrected chi connectivity index (χ4v) is 5.79. The molecule has 5 rings (SSSR count). The first-order valence-corrected chi connectivity index (χ1v) is 13.3. The Bertz CT molecular complexity index is 1180. The number of hydrogen-bond donors (Lipinski definition) is 3. The van der Waals surface area contributed by atoms with E-state index in [0.717, 1.165) is 19.0 Å². The van der Waals surface area contributed by atoms with Gasteiger partial charge in [-0.25, -0.2) is 13.8 Å². The van der Waals surface area contributed by atoms with Crippen LogP contribution in [-0.4, -0.2) is 68.7 Å². The number of aryl methyl sites for hydroxylation is 1. The number of amides is 1. The van der Waals surface area contributed by atoms with Gasteiger partial charge in [0.25, 0.3) is 0 Å². The Morgan fingerprint density at radius 1 is 1.13 bits per heavy atom. The van der Waals surface area contributed by atoms with Gasteiger partial charge in [0, 0.05) is 56.3 Å². The number of carbonyl (C=O) groups is 1. The number of hydrogen-bond acceptors (Lipinski definition) is 7. The van der Waals surface area contributed by atoms with Crippen molar-refractivity contribution >= 4 is 23.4 Å². The highest BCUT2D eigenvalue weighted by Crippen LogP contribution is 2.42. The number of nitrogens with one attached hydrogen (secondary N) is 3. The van der Waals surface area contributed by atoms with Gasteiger partial charge in [0.1, 0.15) is 11.4 Å². The molecule has 1 saturated carbocycles. The van der Waals surface area contributed by atoms with Crippen molar-refractivity contribution in [3.8, 4) is 0 Å². The summed E-state index contributed by atoms with van der Waals surface area (Å²) in [5.41, 5.74) is 0.304. The van der Waals surface area contributed by atoms with Gasteiger partial charge in [-0.15, -0.1) is 0 Å². The second-order valence-electron chi connectivity index (χ2n) is 10.9. The van der Waals surface area contributed by atoms with Crippen LogP contribution in [0.25, 0.3) is 0 Å². The molecule has 214 valence electrons. The predicted molar refractivity (Wildman–Crippen MR) is 134 cm³/mol. The van der Waals surface area contributed by atoms with Gasteiger partial charge in [-0.3, -0.25) is 9.48 Å². The Morgan fingerprint density at radius 2 is 1.82 bits per heavy atom. The molecule has 2 atom stereocenters. The van der Waals surface area contributed by atoms with Crippen molar-refractivity contribution in [2.24, 2.45) is 5.92 Å². The van der Waals surface area contributed by atoms with Crippen LogP contribution in [0.15, 0.2) is 12.4 Å². The van der Waals surface area contributed by atoms with Crippen LogP contribution in [0.3, 0.4) is 0 Å². The summed E-state index contributed by atoms with van der Waals surface area (Å²) in [5, 5.41) is 12.9. The van der Waals surface area contributed by atoms with Crippen molar-refractivity contribution in [3.05, 3.63) is 23.7 Å². The Hall–Kier alpha value is -3.03. The van der Waals surface area contributed by atoms with E-state index in [-0.39, 0.29) is 37.3 Å². The zero-order chi connectivity index (χ0) is 27.9. The standard InChI is InChI=1S/C25H33F5N8O/c1-14-20(13-38(36-14)18-8-16-4-5-17(9-18)37(16)2)34-23-33-12-19(25(28,29)30)21(35-23)31-6-3-7-32-22(39)15-10-24(26,27)11-15/h12-13,15-18H,3-11H2,1-2H3,(H,32,39)(H2,31,33,34,35). The maximum atomic E-state index is 13.6. The molecule has 14 heteroatoms. The fraction of sp³-hybridized carbons (Fsp3) is 0.680. The molecule has 4 heterocycles. The number of rotatable bonds is 9. The van der Waals surface area contributed by atoms with Gasteiger partial charge in [0.2, 0.25) is 17.8 Å². The summed E-state index contributed by atoms with van der Waals surface area (Å²) in [6.07, 6.45) is 1.64. The van der Waals surface area contributed by atoms with Crippen molar-refractivity contribution in [1.29, 1.82) is 0 Å². The van der Waals surface area contributed by atoms with Crippen LogP contribution in [0.4, 0.5) is 39.4 Å². The Morgan fingerprint density at radius 3 is 2.46 bits per heavy atom. The van der Waals surface area contributed by atoms with Crippen LogP contribution in [-0.2, 0) is 11.0 Å². The molecule has 2 saturated heterocycles. The lowest BCUT2D eigenvalue weighted by molar-refractivity contribution is -0.150. The topological polar surface area (TPSA) is 100 Å². The van der Waals surface area contributed by atoms with Crippen LogP contribution in [0.1, 0.15) is 62.2 Å². The summed E-state index contributed by atoms with van der Waals surface area (Å²) >= 11 is 0. The highest BCUT2D eigenvalue weighted by Gasteiger charge is 2.48. The Kier molecular flexibility index (Phi) is 7.42. The smallest absolute Gasteiger partial charge is 0.369 e. The monoisotopic (exact) mass is 556 g/mol. The number of carbonyl (C=O) groups excluding carboxylic acids is 1. The number of halogens is 5. The number of anilines is 3. The average Bonchev–Trinajstić information content (AvgIpc) is 3.28. The molecule has 0 spiro atoms. The lowest BCUT2D eigenvalue weighted by atomic mass is 9.81. The highest BCUT2D eigenvalue weighted by molar-refractivity contribution is 5.79. The molecular weight excluding hydrogens is 523 g/mol. The normalized spacial score (nSPS) is 24.8. The first kappa shape index (κ1) is 27.5. The third kappa shape index (κ3) is 6.10. The minimum atomic E-state index is -4.67. The number of nitrogens with zero attached hydrogens (tertiary/aromatic N) is 5. The van der Waals surface area contributed by atoms with E-state index in [4.69, 9.17) is 0 Å². The van der Waals surface area contributed by atoms with E-state index in [9.17, 15) is 26.7 Å². The number of fused-ring (bicyclic) bond motifs is 2. The molecule has 9 nitrogen and oxygen atoms in total. The lowest BCUT2D eigenvalue weighted by Gasteiger charge is -2.36. The number of aromatic nitrogens is 4. The number of alkyl halides is 5. The van der Waals surface area contributed by atoms with Crippen LogP contribution in [0.2, 0.25) is 0 Å². The van der Waals surface area contributed by atoms with Crippen molar-refractivity contribution in [2.75, 3.05) is 30.8 Å². The summed E-state index contributed by atoms with van der Waals surface area (Å²) in [6, 6.07) is 1.34. The molecule has 0 radical (unpaired) electrons. The largest absolute Gasteiger partial charge is 0.421 e. The first-order valence-electron chi connectivity index (χ1n) is 13.3. The first-order chi connectivity index (χ1) is 18.4. The van der Waals surface area contributed by atoms with E-state index >= 15 is 0 Å². The maximum Gasteiger partial charge on any atom is 0.421 e. The molecular formula is C25H33F5N8O. The molecule has 2 bridgehead atoms. The second-order valence-corrected chi connectivity index (χ2v) is 10.9. The van der Waals surface area contributed by atoms with Gasteiger partial charge >= 0.3 is 6.18 Å². The van der Waals surface area contributed by atoms with Crippen LogP contribution in [0, 0.1) is 12.8 Å². The van der Waals surface area contributed by atoms with Crippen molar-refractivity contribution in [2.45, 2.75) is 82.1 Å². The molecule has 1 amide bonds. The van der Waals surface area contributed by atoms with Crippen LogP contribution >= 0.6 is 0 Å². The molecule has 2 unspecified atom stereocenters. The fourth-order valence-electron chi connectivity index (χ4n) is 5.79. The van der Waals surface area contributed by atoms with Gasteiger partial charge in [0.15, 0.2) is 0 Å². The Labute approximate surface area is 222 Å². The predicted octanol–water partition coefficient (Wildman–Crippen LogP) is 4.51. The van der Waals surface area contributed by atoms with Crippen molar-refractivity contribution in [3.63, 3.8) is 0 Å². The van der Waals surface area contributed by atoms with E-state index in [1.54, 1.807) is 0 Å². The molecule has 2 aromatic rings. The van der Waals surface area contributed by atoms with E-state index in [2.05, 4.69) is 43.0 Å². The minimum absolute atomic E-state index is 0.00388. The molecule has 39 heavy (non-hydrogen) atoms. The zero-order valence-electron chi connectivity index (χ0n) is 21.9. The van der Waals surface area contributed by atoms with Gasteiger partial charge < -0.3 is 20.9 Å². The summed E-state index contributed by atoms with van der Waals surface area (Å²) in [4.78, 5) is 22.3. The molecule has 0 aromatic carbocycles. The summed E-state index contributed by atoms with van der Waals surface area (Å²) in [5.74, 6) is -4.37. The lowest BCUT2D eigenvalue weighted by Crippen LogP contribution is -2.45. The molecule has 1 aliphatic carbocycles. The number of piperidine rings is 1. The van der Waals surface area contributed by atoms with Gasteiger partial charge in [-0.2, -0.15) is 23.3 Å². The zero-order valence-corrected chi connectivity index (χ0v) is 21.9. The Balaban J connectivity index is 1.19. The van der Waals surface area contributed by atoms with Gasteiger partial charge in [0.05, 0.1) is 17.4 Å². The van der Waals surface area contributed by atoms with E-state index in [1.165, 1.54) is 12.8 Å². The third-order valence-corrected chi connectivity index (χ3v) is 8.11. The molecule has 3 aliphatic rings. The van der Waals surface area contributed by atoms with E-state index in [0.29, 0.717) is 23.5 Å². The summed E-state index contributed by atoms with van der Waals surface area (Å²) in [6.45, 7) is 2.04. The highest BCUT2D eigenvalue weighted by atomic mass is 19.4. The average molecular weight is 557 g/mol. The van der Waals surface area contributed by atoms with Crippen molar-refractivity contribution < 1.29 is 26.7 Å². The summed E-state index contributed by atoms with van der Waals surface area (Å²) in [7, 11) is 2.17. The quantitative estimate of drug-likeness (QED) is 0.309. The molecule has 2 aromatic heterocycles. The third-order valence-electron chi connectivity index (χ3n) is 8.11. The summed E-state index contributed by atoms with van der Waals surface area (Å²) < 4.78 is 68.5. The van der Waals surface area contributed by atoms with Crippen LogP contribution < -0.4 is 16.0 Å². The molecule has 3 N–H and O–H groups in total. The van der Waals surface area contributed by atoms with Gasteiger partial charge in [-0.05, 0) is 46.1 Å². The van der Waals surface area contributed by atoms with E-state index < -0.39 is 42.3 Å². The van der Waals surface area contributed by atoms with Crippen LogP contribution in [0.5, 0.6) is 0 Å². The minimum Gasteiger partial charge on any atom is -0.369 e. The van der Waals surface area contributed by atoms with E-state index in [1.807, 2.05) is 17.8 Å². The second kappa shape index (κ2) is 10.5. The maximum absolute atomic E-state index is 13.6. The van der Waals surface area contributed by atoms with Gasteiger partial charge in [-0.1, -0.05) is 0 Å². The van der Waals surface area contributed by atoms with Crippen molar-refractivity contribution in [1.82, 2.24) is 30.0 Å². The molecule has 3 fully saturated rings. The molecule has 2 aliphatic heterocycles. The SMILES string of the molecule is Cc1nn(C2CC3CCC(C2)N3C)cc1Nc1ncc(C(F)(F)F)c(NCCCNC(=O)C2CC(F)(F)C2)n1.